The number of imidazole rings is 1. The summed E-state index contributed by atoms with van der Waals surface area (Å²) >= 11 is 12.1. The molecule has 6 heteroatoms. The van der Waals surface area contributed by atoms with E-state index in [2.05, 4.69) is 28.5 Å². The molecule has 0 fully saturated rings. The summed E-state index contributed by atoms with van der Waals surface area (Å²) in [7, 11) is 4.12. The first-order valence-electron chi connectivity index (χ1n) is 8.76. The van der Waals surface area contributed by atoms with Crippen molar-refractivity contribution in [1.29, 1.82) is 0 Å². The fourth-order valence-electron chi connectivity index (χ4n) is 3.03. The fraction of sp³-hybridized carbons (Fsp3) is 0.286. The number of aromatic nitrogens is 2. The van der Waals surface area contributed by atoms with Gasteiger partial charge >= 0.3 is 0 Å². The Labute approximate surface area is 170 Å². The van der Waals surface area contributed by atoms with Crippen molar-refractivity contribution in [2.75, 3.05) is 20.6 Å². The van der Waals surface area contributed by atoms with Gasteiger partial charge in [-0.1, -0.05) is 47.5 Å². The van der Waals surface area contributed by atoms with Crippen LogP contribution >= 0.6 is 23.2 Å². The van der Waals surface area contributed by atoms with Gasteiger partial charge in [0.2, 0.25) is 0 Å². The highest BCUT2D eigenvalue weighted by Crippen LogP contribution is 2.32. The number of ether oxygens (including phenoxy) is 1. The molecule has 1 heterocycles. The molecule has 3 aromatic rings. The van der Waals surface area contributed by atoms with E-state index in [1.807, 2.05) is 61.1 Å². The highest BCUT2D eigenvalue weighted by Gasteiger charge is 2.26. The molecule has 0 spiro atoms. The minimum Gasteiger partial charge on any atom is -0.367 e. The Hall–Kier alpha value is -1.85. The molecule has 0 aliphatic carbocycles. The summed E-state index contributed by atoms with van der Waals surface area (Å²) in [6.07, 6.45) is 5.45. The summed E-state index contributed by atoms with van der Waals surface area (Å²) in [6, 6.07) is 15.6. The summed E-state index contributed by atoms with van der Waals surface area (Å²) in [4.78, 5) is 6.37. The quantitative estimate of drug-likeness (QED) is 0.514. The normalized spacial score (nSPS) is 13.7. The van der Waals surface area contributed by atoms with Crippen LogP contribution in [-0.2, 0) is 11.3 Å². The largest absolute Gasteiger partial charge is 0.367 e. The molecule has 0 aliphatic rings. The number of hydrogen-bond donors (Lipinski definition) is 0. The second kappa shape index (κ2) is 9.38. The molecule has 3 rings (SSSR count). The van der Waals surface area contributed by atoms with Crippen LogP contribution < -0.4 is 0 Å². The van der Waals surface area contributed by atoms with Crippen molar-refractivity contribution in [3.63, 3.8) is 0 Å². The Balaban J connectivity index is 1.89. The highest BCUT2D eigenvalue weighted by molar-refractivity contribution is 6.30. The van der Waals surface area contributed by atoms with Gasteiger partial charge in [-0.2, -0.15) is 0 Å². The molecule has 0 radical (unpaired) electrons. The Morgan fingerprint density at radius 1 is 1.00 bits per heavy atom. The van der Waals surface area contributed by atoms with Gasteiger partial charge in [0.05, 0.1) is 19.0 Å². The Bertz CT molecular complexity index is 818. The van der Waals surface area contributed by atoms with E-state index in [4.69, 9.17) is 27.9 Å². The number of hydrogen-bond acceptors (Lipinski definition) is 3. The lowest BCUT2D eigenvalue weighted by Crippen LogP contribution is -2.30. The number of rotatable bonds is 8. The number of nitrogens with zero attached hydrogens (tertiary/aromatic N) is 3. The number of benzene rings is 2. The van der Waals surface area contributed by atoms with Gasteiger partial charge in [-0.05, 0) is 49.5 Å². The van der Waals surface area contributed by atoms with E-state index in [1.54, 1.807) is 6.20 Å². The van der Waals surface area contributed by atoms with Crippen LogP contribution in [0, 0.1) is 0 Å². The third-order valence-corrected chi connectivity index (χ3v) is 4.85. The maximum atomic E-state index is 6.42. The average Bonchev–Trinajstić information content (AvgIpc) is 3.18. The van der Waals surface area contributed by atoms with Crippen LogP contribution in [-0.4, -0.2) is 35.1 Å². The summed E-state index contributed by atoms with van der Waals surface area (Å²) < 4.78 is 8.52. The van der Waals surface area contributed by atoms with E-state index in [0.717, 1.165) is 22.7 Å². The maximum Gasteiger partial charge on any atom is 0.105 e. The molecule has 0 aliphatic heterocycles. The molecule has 1 aromatic heterocycles. The predicted molar refractivity (Wildman–Crippen MR) is 110 cm³/mol. The van der Waals surface area contributed by atoms with Gasteiger partial charge < -0.3 is 14.2 Å². The second-order valence-electron chi connectivity index (χ2n) is 6.75. The van der Waals surface area contributed by atoms with Gasteiger partial charge in [-0.3, -0.25) is 0 Å². The fourth-order valence-corrected chi connectivity index (χ4v) is 3.29. The minimum atomic E-state index is -0.158. The Morgan fingerprint density at radius 2 is 1.63 bits per heavy atom. The van der Waals surface area contributed by atoms with E-state index in [-0.39, 0.29) is 12.1 Å². The van der Waals surface area contributed by atoms with Gasteiger partial charge in [-0.15, -0.1) is 0 Å². The summed E-state index contributed by atoms with van der Waals surface area (Å²) in [5.41, 5.74) is 2.15. The van der Waals surface area contributed by atoms with Gasteiger partial charge in [0.25, 0.3) is 0 Å². The predicted octanol–water partition coefficient (Wildman–Crippen LogP) is 5.25. The minimum absolute atomic E-state index is 0.0657. The molecule has 0 saturated carbocycles. The molecule has 0 amide bonds. The molecule has 0 saturated heterocycles. The van der Waals surface area contributed by atoms with Crippen LogP contribution in [0.1, 0.15) is 23.3 Å². The zero-order valence-electron chi connectivity index (χ0n) is 15.4. The van der Waals surface area contributed by atoms with Gasteiger partial charge in [0.15, 0.2) is 0 Å². The van der Waals surface area contributed by atoms with Crippen LogP contribution in [0.4, 0.5) is 0 Å². The van der Waals surface area contributed by atoms with Crippen molar-refractivity contribution in [2.24, 2.45) is 0 Å². The molecule has 2 atom stereocenters. The third kappa shape index (κ3) is 5.56. The second-order valence-corrected chi connectivity index (χ2v) is 7.62. The lowest BCUT2D eigenvalue weighted by molar-refractivity contribution is -0.00365. The van der Waals surface area contributed by atoms with Gasteiger partial charge in [0.1, 0.15) is 6.10 Å². The van der Waals surface area contributed by atoms with Crippen molar-refractivity contribution < 1.29 is 4.74 Å². The standard InChI is InChI=1S/C21H23Cl2N3O/c1-25(2)13-20(26-12-11-24-15-26)21(17-5-9-19(23)10-6-17)27-14-16-3-7-18(22)8-4-16/h3-12,15,20-21H,13-14H2,1-2H3. The third-order valence-electron chi connectivity index (χ3n) is 4.35. The Kier molecular flexibility index (Phi) is 6.91. The highest BCUT2D eigenvalue weighted by atomic mass is 35.5. The summed E-state index contributed by atoms with van der Waals surface area (Å²) in [6.45, 7) is 1.30. The zero-order valence-corrected chi connectivity index (χ0v) is 16.9. The van der Waals surface area contributed by atoms with Crippen LogP contribution in [0.5, 0.6) is 0 Å². The summed E-state index contributed by atoms with van der Waals surface area (Å²) in [5, 5.41) is 1.43. The lowest BCUT2D eigenvalue weighted by Gasteiger charge is -2.31. The van der Waals surface area contributed by atoms with E-state index >= 15 is 0 Å². The first-order chi connectivity index (χ1) is 13.0. The topological polar surface area (TPSA) is 30.3 Å². The molecule has 4 nitrogen and oxygen atoms in total. The van der Waals surface area contributed by atoms with E-state index in [0.29, 0.717) is 11.6 Å². The number of halogens is 2. The Morgan fingerprint density at radius 3 is 2.19 bits per heavy atom. The molecule has 0 N–H and O–H groups in total. The van der Waals surface area contributed by atoms with Gasteiger partial charge in [-0.25, -0.2) is 4.98 Å². The van der Waals surface area contributed by atoms with Gasteiger partial charge in [0, 0.05) is 29.0 Å². The molecular weight excluding hydrogens is 381 g/mol. The zero-order chi connectivity index (χ0) is 19.2. The van der Waals surface area contributed by atoms with Crippen LogP contribution in [0.25, 0.3) is 0 Å². The smallest absolute Gasteiger partial charge is 0.105 e. The van der Waals surface area contributed by atoms with Crippen molar-refractivity contribution in [2.45, 2.75) is 18.8 Å². The van der Waals surface area contributed by atoms with Crippen molar-refractivity contribution in [3.05, 3.63) is 88.4 Å². The lowest BCUT2D eigenvalue weighted by atomic mass is 10.0. The van der Waals surface area contributed by atoms with E-state index in [1.165, 1.54) is 0 Å². The van der Waals surface area contributed by atoms with Crippen LogP contribution in [0.3, 0.4) is 0 Å². The van der Waals surface area contributed by atoms with Crippen molar-refractivity contribution in [1.82, 2.24) is 14.5 Å². The SMILES string of the molecule is CN(C)CC(C(OCc1ccc(Cl)cc1)c1ccc(Cl)cc1)n1ccnc1. The first-order valence-corrected chi connectivity index (χ1v) is 9.52. The van der Waals surface area contributed by atoms with E-state index in [9.17, 15) is 0 Å². The molecule has 2 unspecified atom stereocenters. The van der Waals surface area contributed by atoms with Crippen LogP contribution in [0.15, 0.2) is 67.3 Å². The van der Waals surface area contributed by atoms with E-state index < -0.39 is 0 Å². The maximum absolute atomic E-state index is 6.42. The molecular formula is C21H23Cl2N3O. The molecule has 2 aromatic carbocycles. The van der Waals surface area contributed by atoms with Crippen molar-refractivity contribution >= 4 is 23.2 Å². The summed E-state index contributed by atoms with van der Waals surface area (Å²) in [5.74, 6) is 0. The number of likely N-dealkylation sites (N-methyl/N-ethyl adjacent to an activating group) is 1. The van der Waals surface area contributed by atoms with Crippen molar-refractivity contribution in [3.8, 4) is 0 Å². The van der Waals surface area contributed by atoms with Crippen LogP contribution in [0.2, 0.25) is 10.0 Å². The molecule has 0 bridgehead atoms. The first kappa shape index (κ1) is 19.9. The molecule has 27 heavy (non-hydrogen) atoms. The monoisotopic (exact) mass is 403 g/mol. The molecule has 142 valence electrons. The average molecular weight is 404 g/mol.